The average Bonchev–Trinajstić information content (AvgIpc) is 2.94. The number of carbonyl (C=O) groups excluding carboxylic acids is 2. The van der Waals surface area contributed by atoms with Crippen molar-refractivity contribution < 1.29 is 28.5 Å². The second-order valence-corrected chi connectivity index (χ2v) is 8.68. The van der Waals surface area contributed by atoms with E-state index in [4.69, 9.17) is 18.9 Å². The summed E-state index contributed by atoms with van der Waals surface area (Å²) in [6.07, 6.45) is 0.961. The molecule has 0 saturated carbocycles. The molecule has 0 bridgehead atoms. The molecule has 6 nitrogen and oxygen atoms in total. The Bertz CT molecular complexity index is 1580. The van der Waals surface area contributed by atoms with E-state index in [0.29, 0.717) is 44.5 Å². The highest BCUT2D eigenvalue weighted by Crippen LogP contribution is 2.45. The number of benzene rings is 5. The van der Waals surface area contributed by atoms with Crippen LogP contribution in [0.25, 0.3) is 21.5 Å². The molecule has 6 heteroatoms. The highest BCUT2D eigenvalue weighted by atomic mass is 16.7. The standard InChI is InChI=1S/C32H26O6/c1-2-3-13-22-14-12-21-27-28(22)30(38-32(34)36-24-17-8-5-9-18-24)26-20-11-10-19-25(26)29(27)37-31(33)35-23-15-6-4-7-16-23/h4-12,14-21H,2-3,13H2,1H3. The fourth-order valence-electron chi connectivity index (χ4n) is 4.39. The number of carbonyl (C=O) groups is 2. The molecule has 0 fully saturated rings. The molecule has 0 heterocycles. The third kappa shape index (κ3) is 5.44. The molecule has 0 aliphatic carbocycles. The van der Waals surface area contributed by atoms with Crippen LogP contribution >= 0.6 is 0 Å². The van der Waals surface area contributed by atoms with Gasteiger partial charge in [0, 0.05) is 21.5 Å². The summed E-state index contributed by atoms with van der Waals surface area (Å²) in [5, 5.41) is 2.52. The maximum atomic E-state index is 12.9. The van der Waals surface area contributed by atoms with E-state index in [0.717, 1.165) is 24.8 Å². The lowest BCUT2D eigenvalue weighted by Crippen LogP contribution is -2.16. The molecule has 0 saturated heterocycles. The Hall–Kier alpha value is -4.84. The Balaban J connectivity index is 1.62. The van der Waals surface area contributed by atoms with Gasteiger partial charge in [-0.1, -0.05) is 92.2 Å². The monoisotopic (exact) mass is 506 g/mol. The summed E-state index contributed by atoms with van der Waals surface area (Å²) in [5.41, 5.74) is 0.971. The molecular formula is C32H26O6. The number of fused-ring (bicyclic) bond motifs is 2. The molecule has 0 spiro atoms. The van der Waals surface area contributed by atoms with Crippen LogP contribution < -0.4 is 18.9 Å². The minimum atomic E-state index is -0.862. The Labute approximate surface area is 220 Å². The maximum Gasteiger partial charge on any atom is 0.519 e. The second kappa shape index (κ2) is 11.5. The molecule has 0 aromatic heterocycles. The lowest BCUT2D eigenvalue weighted by Gasteiger charge is -2.18. The maximum absolute atomic E-state index is 12.9. The molecule has 0 radical (unpaired) electrons. The lowest BCUT2D eigenvalue weighted by molar-refractivity contribution is 0.151. The van der Waals surface area contributed by atoms with Crippen LogP contribution in [0.2, 0.25) is 0 Å². The Kier molecular flexibility index (Phi) is 7.50. The van der Waals surface area contributed by atoms with Gasteiger partial charge in [0.15, 0.2) is 5.75 Å². The third-order valence-corrected chi connectivity index (χ3v) is 6.10. The number of ether oxygens (including phenoxy) is 4. The van der Waals surface area contributed by atoms with E-state index in [9.17, 15) is 9.59 Å². The van der Waals surface area contributed by atoms with Crippen molar-refractivity contribution in [1.29, 1.82) is 0 Å². The summed E-state index contributed by atoms with van der Waals surface area (Å²) < 4.78 is 22.6. The molecule has 190 valence electrons. The zero-order valence-electron chi connectivity index (χ0n) is 20.9. The van der Waals surface area contributed by atoms with E-state index in [1.807, 2.05) is 54.6 Å². The summed E-state index contributed by atoms with van der Waals surface area (Å²) in [4.78, 5) is 25.8. The van der Waals surface area contributed by atoms with Gasteiger partial charge in [0.25, 0.3) is 0 Å². The van der Waals surface area contributed by atoms with E-state index in [1.54, 1.807) is 48.5 Å². The van der Waals surface area contributed by atoms with Crippen molar-refractivity contribution in [1.82, 2.24) is 0 Å². The van der Waals surface area contributed by atoms with Gasteiger partial charge < -0.3 is 18.9 Å². The van der Waals surface area contributed by atoms with E-state index >= 15 is 0 Å². The Morgan fingerprint density at radius 1 is 0.553 bits per heavy atom. The normalized spacial score (nSPS) is 10.8. The summed E-state index contributed by atoms with van der Waals surface area (Å²) in [7, 11) is 0. The van der Waals surface area contributed by atoms with Crippen molar-refractivity contribution in [3.8, 4) is 23.0 Å². The Morgan fingerprint density at radius 2 is 1.05 bits per heavy atom. The van der Waals surface area contributed by atoms with Gasteiger partial charge in [-0.25, -0.2) is 9.59 Å². The fourth-order valence-corrected chi connectivity index (χ4v) is 4.39. The first-order valence-corrected chi connectivity index (χ1v) is 12.5. The molecule has 5 aromatic rings. The van der Waals surface area contributed by atoms with Gasteiger partial charge in [-0.2, -0.15) is 0 Å². The van der Waals surface area contributed by atoms with Crippen LogP contribution in [0.15, 0.2) is 103 Å². The number of unbranched alkanes of at least 4 members (excludes halogenated alkanes) is 1. The lowest BCUT2D eigenvalue weighted by atomic mass is 9.94. The van der Waals surface area contributed by atoms with Crippen molar-refractivity contribution >= 4 is 33.9 Å². The van der Waals surface area contributed by atoms with Crippen molar-refractivity contribution in [2.45, 2.75) is 26.2 Å². The van der Waals surface area contributed by atoms with Gasteiger partial charge in [0.2, 0.25) is 0 Å². The summed E-state index contributed by atoms with van der Waals surface area (Å²) >= 11 is 0. The number of hydrogen-bond donors (Lipinski definition) is 0. The molecular weight excluding hydrogens is 480 g/mol. The van der Waals surface area contributed by atoms with Crippen molar-refractivity contribution in [3.05, 3.63) is 109 Å². The number of hydrogen-bond acceptors (Lipinski definition) is 6. The highest BCUT2D eigenvalue weighted by molar-refractivity contribution is 6.13. The molecule has 5 rings (SSSR count). The van der Waals surface area contributed by atoms with Crippen LogP contribution in [-0.2, 0) is 6.42 Å². The van der Waals surface area contributed by atoms with E-state index in [-0.39, 0.29) is 0 Å². The zero-order valence-corrected chi connectivity index (χ0v) is 20.9. The number of para-hydroxylation sites is 2. The molecule has 0 atom stereocenters. The van der Waals surface area contributed by atoms with Crippen molar-refractivity contribution in [3.63, 3.8) is 0 Å². The predicted octanol–water partition coefficient (Wildman–Crippen LogP) is 8.49. The molecule has 0 amide bonds. The number of rotatable bonds is 7. The van der Waals surface area contributed by atoms with Crippen LogP contribution in [0.5, 0.6) is 23.0 Å². The highest BCUT2D eigenvalue weighted by Gasteiger charge is 2.23. The topological polar surface area (TPSA) is 71.1 Å². The van der Waals surface area contributed by atoms with Crippen molar-refractivity contribution in [2.75, 3.05) is 0 Å². The molecule has 0 N–H and O–H groups in total. The molecule has 38 heavy (non-hydrogen) atoms. The molecule has 0 aliphatic rings. The summed E-state index contributed by atoms with van der Waals surface area (Å²) in [6, 6.07) is 30.5. The second-order valence-electron chi connectivity index (χ2n) is 8.68. The van der Waals surface area contributed by atoms with Gasteiger partial charge in [-0.3, -0.25) is 0 Å². The van der Waals surface area contributed by atoms with Crippen LogP contribution in [0.1, 0.15) is 25.3 Å². The first-order chi connectivity index (χ1) is 18.6. The van der Waals surface area contributed by atoms with Crippen LogP contribution in [0.3, 0.4) is 0 Å². The largest absolute Gasteiger partial charge is 0.519 e. The molecule has 5 aromatic carbocycles. The molecule has 0 unspecified atom stereocenters. The SMILES string of the molecule is CCCCc1cccc2c(OC(=O)Oc3ccccc3)c3ccccc3c(OC(=O)Oc3ccccc3)c12. The van der Waals surface area contributed by atoms with E-state index in [2.05, 4.69) is 6.92 Å². The minimum absolute atomic E-state index is 0.332. The minimum Gasteiger partial charge on any atom is -0.395 e. The van der Waals surface area contributed by atoms with Gasteiger partial charge >= 0.3 is 12.3 Å². The van der Waals surface area contributed by atoms with Gasteiger partial charge in [0.1, 0.15) is 17.2 Å². The van der Waals surface area contributed by atoms with E-state index < -0.39 is 12.3 Å². The first-order valence-electron chi connectivity index (χ1n) is 12.5. The zero-order chi connectivity index (χ0) is 26.3. The van der Waals surface area contributed by atoms with E-state index in [1.165, 1.54) is 0 Å². The van der Waals surface area contributed by atoms with Crippen molar-refractivity contribution in [2.24, 2.45) is 0 Å². The Morgan fingerprint density at radius 3 is 1.63 bits per heavy atom. The quantitative estimate of drug-likeness (QED) is 0.125. The summed E-state index contributed by atoms with van der Waals surface area (Å²) in [6.45, 7) is 2.11. The van der Waals surface area contributed by atoms with Crippen LogP contribution in [-0.4, -0.2) is 12.3 Å². The first kappa shape index (κ1) is 24.8. The van der Waals surface area contributed by atoms with Gasteiger partial charge in [-0.15, -0.1) is 0 Å². The summed E-state index contributed by atoms with van der Waals surface area (Å²) in [5.74, 6) is 1.44. The van der Waals surface area contributed by atoms with Gasteiger partial charge in [0.05, 0.1) is 0 Å². The smallest absolute Gasteiger partial charge is 0.395 e. The molecule has 0 aliphatic heterocycles. The fraction of sp³-hybridized carbons (Fsp3) is 0.125. The van der Waals surface area contributed by atoms with Gasteiger partial charge in [-0.05, 0) is 42.7 Å². The van der Waals surface area contributed by atoms with Crippen LogP contribution in [0.4, 0.5) is 9.59 Å². The predicted molar refractivity (Wildman–Crippen MR) is 146 cm³/mol. The third-order valence-electron chi connectivity index (χ3n) is 6.10. The number of aryl methyl sites for hydroxylation is 1. The van der Waals surface area contributed by atoms with Crippen LogP contribution in [0, 0.1) is 0 Å². The average molecular weight is 507 g/mol.